The predicted octanol–water partition coefficient (Wildman–Crippen LogP) is 3.15. The van der Waals surface area contributed by atoms with Crippen molar-refractivity contribution in [1.29, 1.82) is 0 Å². The molecule has 0 aliphatic carbocycles. The first-order valence-electron chi connectivity index (χ1n) is 7.80. The van der Waals surface area contributed by atoms with Crippen LogP contribution in [-0.2, 0) is 11.2 Å². The average molecular weight is 285 g/mol. The van der Waals surface area contributed by atoms with E-state index in [0.29, 0.717) is 0 Å². The molecule has 0 bridgehead atoms. The molecule has 4 heteroatoms. The Kier molecular flexibility index (Phi) is 4.68. The zero-order chi connectivity index (χ0) is 14.5. The number of rotatable bonds is 6. The third-order valence-corrected chi connectivity index (χ3v) is 4.03. The van der Waals surface area contributed by atoms with Gasteiger partial charge in [-0.1, -0.05) is 31.2 Å². The standard InChI is InChI=1S/C17H23N3O/c1-2-8-18-15(17-19-9-10-20-17)12-16-14-6-4-3-5-13(14)7-11-21-16/h3-6,9-10,15-16,18H,2,7-8,11-12H2,1H3,(H,19,20). The van der Waals surface area contributed by atoms with E-state index in [1.807, 2.05) is 12.4 Å². The first-order valence-corrected chi connectivity index (χ1v) is 7.80. The summed E-state index contributed by atoms with van der Waals surface area (Å²) in [4.78, 5) is 7.65. The van der Waals surface area contributed by atoms with Gasteiger partial charge < -0.3 is 15.0 Å². The quantitative estimate of drug-likeness (QED) is 0.857. The Morgan fingerprint density at radius 1 is 1.43 bits per heavy atom. The SMILES string of the molecule is CCCNC(CC1OCCc2ccccc21)c1ncc[nH]1. The fraction of sp³-hybridized carbons (Fsp3) is 0.471. The second-order valence-electron chi connectivity index (χ2n) is 5.53. The molecule has 21 heavy (non-hydrogen) atoms. The van der Waals surface area contributed by atoms with Gasteiger partial charge in [-0.05, 0) is 30.5 Å². The zero-order valence-corrected chi connectivity index (χ0v) is 12.5. The molecule has 0 saturated heterocycles. The van der Waals surface area contributed by atoms with Gasteiger partial charge in [0, 0.05) is 18.8 Å². The number of H-pyrrole nitrogens is 1. The van der Waals surface area contributed by atoms with E-state index in [2.05, 4.69) is 46.5 Å². The number of ether oxygens (including phenoxy) is 1. The van der Waals surface area contributed by atoms with Crippen molar-refractivity contribution in [2.45, 2.75) is 38.3 Å². The monoisotopic (exact) mass is 285 g/mol. The van der Waals surface area contributed by atoms with Gasteiger partial charge in [-0.25, -0.2) is 4.98 Å². The van der Waals surface area contributed by atoms with Crippen molar-refractivity contribution in [2.75, 3.05) is 13.2 Å². The number of imidazole rings is 1. The van der Waals surface area contributed by atoms with Crippen LogP contribution in [0, 0.1) is 0 Å². The van der Waals surface area contributed by atoms with Crippen LogP contribution in [0.1, 0.15) is 48.9 Å². The Bertz CT molecular complexity index is 553. The van der Waals surface area contributed by atoms with Crippen molar-refractivity contribution in [3.63, 3.8) is 0 Å². The Morgan fingerprint density at radius 2 is 2.33 bits per heavy atom. The smallest absolute Gasteiger partial charge is 0.123 e. The molecule has 3 rings (SSSR count). The molecule has 0 fully saturated rings. The van der Waals surface area contributed by atoms with Gasteiger partial charge in [-0.2, -0.15) is 0 Å². The highest BCUT2D eigenvalue weighted by Crippen LogP contribution is 2.33. The van der Waals surface area contributed by atoms with E-state index in [9.17, 15) is 0 Å². The molecular weight excluding hydrogens is 262 g/mol. The van der Waals surface area contributed by atoms with Crippen LogP contribution in [0.15, 0.2) is 36.7 Å². The molecule has 2 atom stereocenters. The van der Waals surface area contributed by atoms with Crippen molar-refractivity contribution in [3.8, 4) is 0 Å². The van der Waals surface area contributed by atoms with Crippen molar-refractivity contribution in [3.05, 3.63) is 53.6 Å². The second kappa shape index (κ2) is 6.87. The van der Waals surface area contributed by atoms with E-state index in [1.165, 1.54) is 11.1 Å². The van der Waals surface area contributed by atoms with E-state index < -0.39 is 0 Å². The van der Waals surface area contributed by atoms with Gasteiger partial charge in [-0.15, -0.1) is 0 Å². The zero-order valence-electron chi connectivity index (χ0n) is 12.5. The molecule has 2 N–H and O–H groups in total. The summed E-state index contributed by atoms with van der Waals surface area (Å²) < 4.78 is 6.03. The van der Waals surface area contributed by atoms with Gasteiger partial charge in [-0.3, -0.25) is 0 Å². The molecule has 1 aromatic heterocycles. The lowest BCUT2D eigenvalue weighted by molar-refractivity contribution is 0.0287. The van der Waals surface area contributed by atoms with Crippen LogP contribution >= 0.6 is 0 Å². The Labute approximate surface area is 125 Å². The maximum atomic E-state index is 6.03. The summed E-state index contributed by atoms with van der Waals surface area (Å²) in [7, 11) is 0. The minimum Gasteiger partial charge on any atom is -0.373 e. The highest BCUT2D eigenvalue weighted by Gasteiger charge is 2.25. The van der Waals surface area contributed by atoms with Crippen molar-refractivity contribution in [2.24, 2.45) is 0 Å². The van der Waals surface area contributed by atoms with Crippen LogP contribution in [0.25, 0.3) is 0 Å². The molecule has 2 unspecified atom stereocenters. The van der Waals surface area contributed by atoms with Crippen molar-refractivity contribution in [1.82, 2.24) is 15.3 Å². The van der Waals surface area contributed by atoms with Crippen LogP contribution in [0.3, 0.4) is 0 Å². The summed E-state index contributed by atoms with van der Waals surface area (Å²) in [6, 6.07) is 8.82. The molecule has 4 nitrogen and oxygen atoms in total. The fourth-order valence-electron chi connectivity index (χ4n) is 2.96. The summed E-state index contributed by atoms with van der Waals surface area (Å²) in [6.45, 7) is 3.97. The predicted molar refractivity (Wildman–Crippen MR) is 83.1 cm³/mol. The third-order valence-electron chi connectivity index (χ3n) is 4.03. The van der Waals surface area contributed by atoms with Crippen LogP contribution in [-0.4, -0.2) is 23.1 Å². The molecule has 0 saturated carbocycles. The molecule has 1 aromatic carbocycles. The van der Waals surface area contributed by atoms with Gasteiger partial charge in [0.1, 0.15) is 5.82 Å². The molecule has 112 valence electrons. The molecule has 1 aliphatic rings. The number of aromatic nitrogens is 2. The number of hydrogen-bond acceptors (Lipinski definition) is 3. The lowest BCUT2D eigenvalue weighted by Gasteiger charge is -2.29. The Balaban J connectivity index is 1.77. The van der Waals surface area contributed by atoms with E-state index >= 15 is 0 Å². The molecule has 0 spiro atoms. The average Bonchev–Trinajstić information content (AvgIpc) is 3.06. The lowest BCUT2D eigenvalue weighted by atomic mass is 9.93. The van der Waals surface area contributed by atoms with Gasteiger partial charge in [0.05, 0.1) is 18.8 Å². The number of aromatic amines is 1. The maximum Gasteiger partial charge on any atom is 0.123 e. The number of benzene rings is 1. The van der Waals surface area contributed by atoms with E-state index in [-0.39, 0.29) is 12.1 Å². The van der Waals surface area contributed by atoms with Gasteiger partial charge >= 0.3 is 0 Å². The number of nitrogens with zero attached hydrogens (tertiary/aromatic N) is 1. The minimum absolute atomic E-state index is 0.148. The topological polar surface area (TPSA) is 49.9 Å². The molecule has 2 heterocycles. The lowest BCUT2D eigenvalue weighted by Crippen LogP contribution is -2.27. The summed E-state index contributed by atoms with van der Waals surface area (Å²) in [5.74, 6) is 0.995. The number of nitrogens with one attached hydrogen (secondary N) is 2. The number of fused-ring (bicyclic) bond motifs is 1. The largest absolute Gasteiger partial charge is 0.373 e. The molecule has 2 aromatic rings. The van der Waals surface area contributed by atoms with Gasteiger partial charge in [0.25, 0.3) is 0 Å². The summed E-state index contributed by atoms with van der Waals surface area (Å²) in [5, 5.41) is 3.58. The van der Waals surface area contributed by atoms with Gasteiger partial charge in [0.2, 0.25) is 0 Å². The van der Waals surface area contributed by atoms with Crippen LogP contribution in [0.4, 0.5) is 0 Å². The van der Waals surface area contributed by atoms with Crippen LogP contribution in [0.5, 0.6) is 0 Å². The Morgan fingerprint density at radius 3 is 3.14 bits per heavy atom. The minimum atomic E-state index is 0.148. The van der Waals surface area contributed by atoms with Crippen LogP contribution in [0.2, 0.25) is 0 Å². The summed E-state index contributed by atoms with van der Waals surface area (Å²) in [5.41, 5.74) is 2.75. The normalized spacial score (nSPS) is 19.2. The van der Waals surface area contributed by atoms with Gasteiger partial charge in [0.15, 0.2) is 0 Å². The Hall–Kier alpha value is -1.65. The summed E-state index contributed by atoms with van der Waals surface area (Å²) >= 11 is 0. The fourth-order valence-corrected chi connectivity index (χ4v) is 2.96. The highest BCUT2D eigenvalue weighted by molar-refractivity contribution is 5.31. The maximum absolute atomic E-state index is 6.03. The molecular formula is C17H23N3O. The summed E-state index contributed by atoms with van der Waals surface area (Å²) in [6.07, 6.45) is 6.87. The van der Waals surface area contributed by atoms with E-state index in [0.717, 1.165) is 38.2 Å². The molecule has 0 amide bonds. The van der Waals surface area contributed by atoms with Crippen molar-refractivity contribution < 1.29 is 4.74 Å². The van der Waals surface area contributed by atoms with E-state index in [4.69, 9.17) is 4.74 Å². The first-order chi connectivity index (χ1) is 10.4. The molecule has 1 aliphatic heterocycles. The first kappa shape index (κ1) is 14.3. The molecule has 0 radical (unpaired) electrons. The highest BCUT2D eigenvalue weighted by atomic mass is 16.5. The second-order valence-corrected chi connectivity index (χ2v) is 5.53. The van der Waals surface area contributed by atoms with Crippen molar-refractivity contribution >= 4 is 0 Å². The third kappa shape index (κ3) is 3.34. The van der Waals surface area contributed by atoms with E-state index in [1.54, 1.807) is 0 Å². The van der Waals surface area contributed by atoms with Crippen LogP contribution < -0.4 is 5.32 Å². The number of hydrogen-bond donors (Lipinski definition) is 2.